The van der Waals surface area contributed by atoms with Crippen LogP contribution in [0.15, 0.2) is 36.7 Å². The van der Waals surface area contributed by atoms with Gasteiger partial charge in [-0.05, 0) is 24.6 Å². The summed E-state index contributed by atoms with van der Waals surface area (Å²) in [5.74, 6) is 0. The highest BCUT2D eigenvalue weighted by atomic mass is 35.5. The van der Waals surface area contributed by atoms with Gasteiger partial charge in [0.1, 0.15) is 0 Å². The van der Waals surface area contributed by atoms with Crippen LogP contribution in [0.5, 0.6) is 0 Å². The van der Waals surface area contributed by atoms with Crippen LogP contribution >= 0.6 is 12.4 Å². The molecule has 0 saturated carbocycles. The van der Waals surface area contributed by atoms with E-state index in [0.29, 0.717) is 0 Å². The first-order valence-corrected chi connectivity index (χ1v) is 5.13. The van der Waals surface area contributed by atoms with Crippen LogP contribution in [0.25, 0.3) is 16.8 Å². The van der Waals surface area contributed by atoms with Crippen molar-refractivity contribution in [1.82, 2.24) is 14.6 Å². The van der Waals surface area contributed by atoms with Crippen LogP contribution in [-0.4, -0.2) is 14.6 Å². The molecule has 0 atom stereocenters. The summed E-state index contributed by atoms with van der Waals surface area (Å²) in [6, 6.07) is 7.84. The SMILES string of the molecule is Cc1[nH]n2ccnc2c1-c1ccc(N)cc1.Cl. The van der Waals surface area contributed by atoms with E-state index in [0.717, 1.165) is 28.2 Å². The lowest BCUT2D eigenvalue weighted by molar-refractivity contribution is 0.945. The van der Waals surface area contributed by atoms with Crippen molar-refractivity contribution in [2.24, 2.45) is 0 Å². The smallest absolute Gasteiger partial charge is 0.161 e. The van der Waals surface area contributed by atoms with Crippen LogP contribution in [0.3, 0.4) is 0 Å². The fourth-order valence-electron chi connectivity index (χ4n) is 1.98. The number of aryl methyl sites for hydroxylation is 1. The molecule has 0 aliphatic heterocycles. The molecular weight excluding hydrogens is 236 g/mol. The number of aromatic amines is 1. The van der Waals surface area contributed by atoms with Crippen LogP contribution in [0.1, 0.15) is 5.69 Å². The maximum Gasteiger partial charge on any atom is 0.161 e. The van der Waals surface area contributed by atoms with Crippen molar-refractivity contribution in [2.45, 2.75) is 6.92 Å². The van der Waals surface area contributed by atoms with Crippen molar-refractivity contribution in [2.75, 3.05) is 5.73 Å². The summed E-state index contributed by atoms with van der Waals surface area (Å²) < 4.78 is 1.92. The number of aromatic nitrogens is 3. The average molecular weight is 249 g/mol. The molecule has 0 saturated heterocycles. The molecule has 2 aromatic heterocycles. The molecule has 5 heteroatoms. The molecule has 0 spiro atoms. The molecule has 1 aromatic carbocycles. The third kappa shape index (κ3) is 1.76. The van der Waals surface area contributed by atoms with Gasteiger partial charge in [0.2, 0.25) is 0 Å². The fraction of sp³-hybridized carbons (Fsp3) is 0.0833. The lowest BCUT2D eigenvalue weighted by Crippen LogP contribution is -1.85. The van der Waals surface area contributed by atoms with Crippen molar-refractivity contribution in [3.8, 4) is 11.1 Å². The number of nitrogens with one attached hydrogen (secondary N) is 1. The van der Waals surface area contributed by atoms with Gasteiger partial charge in [0.05, 0.1) is 0 Å². The number of anilines is 1. The van der Waals surface area contributed by atoms with E-state index in [1.165, 1.54) is 0 Å². The van der Waals surface area contributed by atoms with Gasteiger partial charge in [-0.15, -0.1) is 12.4 Å². The number of fused-ring (bicyclic) bond motifs is 1. The highest BCUT2D eigenvalue weighted by molar-refractivity contribution is 5.85. The molecule has 88 valence electrons. The topological polar surface area (TPSA) is 59.1 Å². The molecule has 0 fully saturated rings. The average Bonchev–Trinajstić information content (AvgIpc) is 2.79. The second kappa shape index (κ2) is 4.14. The van der Waals surface area contributed by atoms with Crippen LogP contribution in [0.4, 0.5) is 5.69 Å². The number of rotatable bonds is 1. The van der Waals surface area contributed by atoms with Gasteiger partial charge in [-0.2, -0.15) is 0 Å². The van der Waals surface area contributed by atoms with Crippen LogP contribution in [-0.2, 0) is 0 Å². The summed E-state index contributed by atoms with van der Waals surface area (Å²) >= 11 is 0. The first kappa shape index (κ1) is 11.5. The minimum atomic E-state index is 0. The van der Waals surface area contributed by atoms with Gasteiger partial charge >= 0.3 is 0 Å². The van der Waals surface area contributed by atoms with E-state index >= 15 is 0 Å². The number of nitrogens with zero attached hydrogens (tertiary/aromatic N) is 2. The van der Waals surface area contributed by atoms with E-state index in [4.69, 9.17) is 5.73 Å². The molecule has 0 aliphatic rings. The lowest BCUT2D eigenvalue weighted by atomic mass is 10.1. The van der Waals surface area contributed by atoms with Gasteiger partial charge < -0.3 is 5.73 Å². The number of hydrogen-bond acceptors (Lipinski definition) is 2. The van der Waals surface area contributed by atoms with Crippen molar-refractivity contribution < 1.29 is 0 Å². The Morgan fingerprint density at radius 1 is 1.24 bits per heavy atom. The number of imidazole rings is 1. The number of halogens is 1. The lowest BCUT2D eigenvalue weighted by Gasteiger charge is -2.00. The zero-order valence-corrected chi connectivity index (χ0v) is 10.2. The van der Waals surface area contributed by atoms with Crippen molar-refractivity contribution in [3.63, 3.8) is 0 Å². The molecule has 0 unspecified atom stereocenters. The zero-order chi connectivity index (χ0) is 11.1. The number of H-pyrrole nitrogens is 1. The summed E-state index contributed by atoms with van der Waals surface area (Å²) in [6.45, 7) is 2.04. The highest BCUT2D eigenvalue weighted by Gasteiger charge is 2.11. The largest absolute Gasteiger partial charge is 0.399 e. The van der Waals surface area contributed by atoms with Gasteiger partial charge in [-0.3, -0.25) is 5.10 Å². The molecule has 4 nitrogen and oxygen atoms in total. The zero-order valence-electron chi connectivity index (χ0n) is 9.34. The Labute approximate surface area is 105 Å². The van der Waals surface area contributed by atoms with Gasteiger partial charge in [0, 0.05) is 29.3 Å². The van der Waals surface area contributed by atoms with Crippen molar-refractivity contribution in [1.29, 1.82) is 0 Å². The predicted octanol–water partition coefficient (Wildman–Crippen LogP) is 2.64. The summed E-state index contributed by atoms with van der Waals surface area (Å²) in [7, 11) is 0. The normalized spacial score (nSPS) is 10.4. The molecule has 3 rings (SSSR count). The Morgan fingerprint density at radius 3 is 2.65 bits per heavy atom. The van der Waals surface area contributed by atoms with Gasteiger partial charge in [0.15, 0.2) is 5.65 Å². The molecule has 0 radical (unpaired) electrons. The van der Waals surface area contributed by atoms with Gasteiger partial charge in [-0.25, -0.2) is 9.50 Å². The summed E-state index contributed by atoms with van der Waals surface area (Å²) in [5.41, 5.74) is 10.8. The maximum absolute atomic E-state index is 5.68. The molecule has 0 aliphatic carbocycles. The highest BCUT2D eigenvalue weighted by Crippen LogP contribution is 2.27. The molecule has 0 bridgehead atoms. The molecular formula is C12H13ClN4. The Morgan fingerprint density at radius 2 is 1.94 bits per heavy atom. The standard InChI is InChI=1S/C12H12N4.ClH/c1-8-11(9-2-4-10(13)5-3-9)12-14-6-7-16(12)15-8;/h2-7,15H,13H2,1H3;1H. The second-order valence-electron chi connectivity index (χ2n) is 3.85. The fourth-order valence-corrected chi connectivity index (χ4v) is 1.98. The Kier molecular flexibility index (Phi) is 2.81. The molecule has 2 heterocycles. The number of nitrogen functional groups attached to an aromatic ring is 1. The Balaban J connectivity index is 0.00000108. The predicted molar refractivity (Wildman–Crippen MR) is 71.4 cm³/mol. The van der Waals surface area contributed by atoms with Crippen molar-refractivity contribution in [3.05, 3.63) is 42.4 Å². The van der Waals surface area contributed by atoms with E-state index in [-0.39, 0.29) is 12.4 Å². The van der Waals surface area contributed by atoms with E-state index in [2.05, 4.69) is 10.1 Å². The first-order valence-electron chi connectivity index (χ1n) is 5.13. The molecule has 3 N–H and O–H groups in total. The maximum atomic E-state index is 5.68. The van der Waals surface area contributed by atoms with E-state index in [1.54, 1.807) is 6.20 Å². The van der Waals surface area contributed by atoms with Crippen LogP contribution < -0.4 is 5.73 Å². The minimum Gasteiger partial charge on any atom is -0.399 e. The monoisotopic (exact) mass is 248 g/mol. The van der Waals surface area contributed by atoms with E-state index in [1.807, 2.05) is 41.9 Å². The minimum absolute atomic E-state index is 0. The number of benzene rings is 1. The van der Waals surface area contributed by atoms with E-state index < -0.39 is 0 Å². The molecule has 0 amide bonds. The quantitative estimate of drug-likeness (QED) is 0.651. The third-order valence-electron chi connectivity index (χ3n) is 2.73. The van der Waals surface area contributed by atoms with Crippen molar-refractivity contribution >= 4 is 23.7 Å². The molecule has 17 heavy (non-hydrogen) atoms. The Bertz CT molecular complexity index is 636. The molecule has 3 aromatic rings. The van der Waals surface area contributed by atoms with Crippen LogP contribution in [0.2, 0.25) is 0 Å². The first-order chi connectivity index (χ1) is 7.75. The van der Waals surface area contributed by atoms with Gasteiger partial charge in [-0.1, -0.05) is 12.1 Å². The summed E-state index contributed by atoms with van der Waals surface area (Å²) in [5, 5.41) is 3.24. The van der Waals surface area contributed by atoms with Crippen LogP contribution in [0, 0.1) is 6.92 Å². The Hall–Kier alpha value is -1.94. The third-order valence-corrected chi connectivity index (χ3v) is 2.73. The number of hydrogen-bond donors (Lipinski definition) is 2. The van der Waals surface area contributed by atoms with Gasteiger partial charge in [0.25, 0.3) is 0 Å². The summed E-state index contributed by atoms with van der Waals surface area (Å²) in [6.07, 6.45) is 3.69. The van der Waals surface area contributed by atoms with E-state index in [9.17, 15) is 0 Å². The second-order valence-corrected chi connectivity index (χ2v) is 3.85. The number of nitrogens with two attached hydrogens (primary N) is 1. The summed E-state index contributed by atoms with van der Waals surface area (Å²) in [4.78, 5) is 4.34.